The van der Waals surface area contributed by atoms with Crippen molar-refractivity contribution in [2.75, 3.05) is 66.3 Å². The molecule has 0 bridgehead atoms. The Morgan fingerprint density at radius 2 is 2.19 bits per heavy atom. The van der Waals surface area contributed by atoms with E-state index < -0.39 is 0 Å². The van der Waals surface area contributed by atoms with Crippen molar-refractivity contribution in [3.8, 4) is 11.5 Å². The Morgan fingerprint density at radius 1 is 1.38 bits per heavy atom. The number of rotatable bonds is 4. The molecule has 7 nitrogen and oxygen atoms in total. The summed E-state index contributed by atoms with van der Waals surface area (Å²) >= 11 is 0. The Balaban J connectivity index is 1.51. The minimum absolute atomic E-state index is 0.0470. The van der Waals surface area contributed by atoms with Crippen molar-refractivity contribution in [3.63, 3.8) is 0 Å². The summed E-state index contributed by atoms with van der Waals surface area (Å²) in [7, 11) is 1.64. The maximum absolute atomic E-state index is 12.6. The highest BCUT2D eigenvalue weighted by atomic mass is 16.5. The minimum Gasteiger partial charge on any atom is -0.497 e. The van der Waals surface area contributed by atoms with Crippen LogP contribution in [0.2, 0.25) is 0 Å². The van der Waals surface area contributed by atoms with Gasteiger partial charge in [-0.25, -0.2) is 0 Å². The van der Waals surface area contributed by atoms with Gasteiger partial charge in [-0.3, -0.25) is 9.69 Å². The number of aliphatic hydroxyl groups is 1. The van der Waals surface area contributed by atoms with Crippen LogP contribution < -0.4 is 9.47 Å². The molecule has 2 fully saturated rings. The Labute approximate surface area is 153 Å². The molecule has 0 radical (unpaired) electrons. The van der Waals surface area contributed by atoms with Gasteiger partial charge < -0.3 is 24.2 Å². The van der Waals surface area contributed by atoms with Crippen molar-refractivity contribution in [2.24, 2.45) is 5.41 Å². The number of methoxy groups -OCH3 is 1. The molecule has 0 unspecified atom stereocenters. The summed E-state index contributed by atoms with van der Waals surface area (Å²) in [5.74, 6) is 1.87. The van der Waals surface area contributed by atoms with Crippen LogP contribution in [0.1, 0.15) is 11.5 Å². The number of aliphatic hydroxyl groups excluding tert-OH is 1. The Bertz CT molecular complexity index is 676. The van der Waals surface area contributed by atoms with E-state index in [9.17, 15) is 9.90 Å². The topological polar surface area (TPSA) is 71.5 Å². The molecule has 26 heavy (non-hydrogen) atoms. The number of nitrogens with zero attached hydrogens (tertiary/aromatic N) is 2. The van der Waals surface area contributed by atoms with Gasteiger partial charge in [0.1, 0.15) is 11.5 Å². The summed E-state index contributed by atoms with van der Waals surface area (Å²) in [5, 5.41) is 10.1. The molecule has 2 saturated heterocycles. The molecule has 1 aromatic rings. The largest absolute Gasteiger partial charge is 0.497 e. The van der Waals surface area contributed by atoms with Crippen molar-refractivity contribution in [1.82, 2.24) is 9.80 Å². The molecular formula is C19H26N2O5. The van der Waals surface area contributed by atoms with Crippen LogP contribution in [0.15, 0.2) is 18.2 Å². The van der Waals surface area contributed by atoms with E-state index in [0.29, 0.717) is 46.0 Å². The van der Waals surface area contributed by atoms with E-state index in [4.69, 9.17) is 14.2 Å². The monoisotopic (exact) mass is 362 g/mol. The van der Waals surface area contributed by atoms with Gasteiger partial charge in [0, 0.05) is 43.6 Å². The molecular weight excluding hydrogens is 336 g/mol. The van der Waals surface area contributed by atoms with Crippen LogP contribution in [0, 0.1) is 5.41 Å². The van der Waals surface area contributed by atoms with Crippen molar-refractivity contribution >= 4 is 5.91 Å². The normalized spacial score (nSPS) is 28.2. The SMILES string of the molecule is COc1ccc2c(c1)OC[C@@]1(CO)CN(CC(=O)N3CCOCC3)C[C@@H]21. The molecule has 0 aliphatic carbocycles. The van der Waals surface area contributed by atoms with Crippen molar-refractivity contribution in [3.05, 3.63) is 23.8 Å². The fourth-order valence-corrected chi connectivity index (χ4v) is 4.35. The van der Waals surface area contributed by atoms with E-state index in [-0.39, 0.29) is 23.8 Å². The third-order valence-corrected chi connectivity index (χ3v) is 5.87. The van der Waals surface area contributed by atoms with Crippen LogP contribution in [0.4, 0.5) is 0 Å². The van der Waals surface area contributed by atoms with E-state index >= 15 is 0 Å². The number of likely N-dealkylation sites (tertiary alicyclic amines) is 1. The molecule has 1 aromatic carbocycles. The third kappa shape index (κ3) is 3.04. The summed E-state index contributed by atoms with van der Waals surface area (Å²) in [6.07, 6.45) is 0. The van der Waals surface area contributed by atoms with Crippen LogP contribution in [-0.4, -0.2) is 87.1 Å². The summed E-state index contributed by atoms with van der Waals surface area (Å²) in [6.45, 7) is 4.83. The fourth-order valence-electron chi connectivity index (χ4n) is 4.35. The Kier molecular flexibility index (Phi) is 4.77. The second-order valence-corrected chi connectivity index (χ2v) is 7.43. The number of ether oxygens (including phenoxy) is 3. The lowest BCUT2D eigenvalue weighted by atomic mass is 9.74. The predicted molar refractivity (Wildman–Crippen MR) is 94.6 cm³/mol. The lowest BCUT2D eigenvalue weighted by Crippen LogP contribution is -2.46. The number of fused-ring (bicyclic) bond motifs is 3. The van der Waals surface area contributed by atoms with Crippen molar-refractivity contribution in [1.29, 1.82) is 0 Å². The first-order chi connectivity index (χ1) is 12.6. The van der Waals surface area contributed by atoms with Gasteiger partial charge in [0.25, 0.3) is 0 Å². The molecule has 3 heterocycles. The van der Waals surface area contributed by atoms with E-state index in [2.05, 4.69) is 4.90 Å². The number of hydrogen-bond donors (Lipinski definition) is 1. The average Bonchev–Trinajstić information content (AvgIpc) is 3.07. The summed E-state index contributed by atoms with van der Waals surface area (Å²) in [5.41, 5.74) is 0.736. The van der Waals surface area contributed by atoms with Crippen LogP contribution in [0.5, 0.6) is 11.5 Å². The van der Waals surface area contributed by atoms with Gasteiger partial charge in [-0.15, -0.1) is 0 Å². The molecule has 1 N–H and O–H groups in total. The smallest absolute Gasteiger partial charge is 0.236 e. The highest BCUT2D eigenvalue weighted by molar-refractivity contribution is 5.78. The van der Waals surface area contributed by atoms with E-state index in [0.717, 1.165) is 23.6 Å². The number of carbonyl (C=O) groups is 1. The highest BCUT2D eigenvalue weighted by Gasteiger charge is 2.51. The molecule has 0 aromatic heterocycles. The molecule has 0 spiro atoms. The van der Waals surface area contributed by atoms with Gasteiger partial charge >= 0.3 is 0 Å². The number of amides is 1. The van der Waals surface area contributed by atoms with Gasteiger partial charge in [-0.05, 0) is 11.6 Å². The summed E-state index contributed by atoms with van der Waals surface area (Å²) in [6, 6.07) is 5.85. The average molecular weight is 362 g/mol. The number of carbonyl (C=O) groups excluding carboxylic acids is 1. The molecule has 4 rings (SSSR count). The quantitative estimate of drug-likeness (QED) is 0.832. The first-order valence-electron chi connectivity index (χ1n) is 9.15. The molecule has 7 heteroatoms. The number of hydrogen-bond acceptors (Lipinski definition) is 6. The van der Waals surface area contributed by atoms with Gasteiger partial charge in [0.15, 0.2) is 0 Å². The van der Waals surface area contributed by atoms with Crippen LogP contribution in [0.25, 0.3) is 0 Å². The fraction of sp³-hybridized carbons (Fsp3) is 0.632. The van der Waals surface area contributed by atoms with Crippen molar-refractivity contribution in [2.45, 2.75) is 5.92 Å². The molecule has 1 amide bonds. The molecule has 3 aliphatic heterocycles. The van der Waals surface area contributed by atoms with Gasteiger partial charge in [-0.2, -0.15) is 0 Å². The maximum atomic E-state index is 12.6. The highest BCUT2D eigenvalue weighted by Crippen LogP contribution is 2.49. The summed E-state index contributed by atoms with van der Waals surface area (Å²) in [4.78, 5) is 16.6. The first-order valence-corrected chi connectivity index (χ1v) is 9.15. The van der Waals surface area contributed by atoms with Crippen molar-refractivity contribution < 1.29 is 24.1 Å². The Hall–Kier alpha value is -1.83. The third-order valence-electron chi connectivity index (χ3n) is 5.87. The van der Waals surface area contributed by atoms with Gasteiger partial charge in [-0.1, -0.05) is 6.07 Å². The number of morpholine rings is 1. The van der Waals surface area contributed by atoms with Gasteiger partial charge in [0.2, 0.25) is 5.91 Å². The maximum Gasteiger partial charge on any atom is 0.236 e. The molecule has 142 valence electrons. The van der Waals surface area contributed by atoms with E-state index in [1.165, 1.54) is 0 Å². The number of benzene rings is 1. The van der Waals surface area contributed by atoms with Crippen LogP contribution in [0.3, 0.4) is 0 Å². The van der Waals surface area contributed by atoms with Gasteiger partial charge in [0.05, 0.1) is 40.1 Å². The standard InChI is InChI=1S/C19H26N2O5/c1-24-14-2-3-15-16-9-20(10-18(23)21-4-6-25-7-5-21)11-19(16,12-22)13-26-17(15)8-14/h2-3,8,16,22H,4-7,9-13H2,1H3/t16-,19-/m0/s1. The lowest BCUT2D eigenvalue weighted by Gasteiger charge is -2.38. The predicted octanol–water partition coefficient (Wildman–Crippen LogP) is 0.324. The molecule has 0 saturated carbocycles. The zero-order valence-corrected chi connectivity index (χ0v) is 15.1. The lowest BCUT2D eigenvalue weighted by molar-refractivity contribution is -0.136. The zero-order valence-electron chi connectivity index (χ0n) is 15.1. The molecule has 2 atom stereocenters. The first kappa shape index (κ1) is 17.6. The molecule has 3 aliphatic rings. The zero-order chi connectivity index (χ0) is 18.1. The van der Waals surface area contributed by atoms with Crippen LogP contribution in [-0.2, 0) is 9.53 Å². The second-order valence-electron chi connectivity index (χ2n) is 7.43. The van der Waals surface area contributed by atoms with Crippen LogP contribution >= 0.6 is 0 Å². The van der Waals surface area contributed by atoms with E-state index in [1.807, 2.05) is 23.1 Å². The minimum atomic E-state index is -0.354. The van der Waals surface area contributed by atoms with E-state index in [1.54, 1.807) is 7.11 Å². The summed E-state index contributed by atoms with van der Waals surface area (Å²) < 4.78 is 16.6. The Morgan fingerprint density at radius 3 is 2.92 bits per heavy atom. The second kappa shape index (κ2) is 7.06.